The molecular weight excluding hydrogens is 634 g/mol. The molecule has 43 heavy (non-hydrogen) atoms. The first kappa shape index (κ1) is 28.8. The summed E-state index contributed by atoms with van der Waals surface area (Å²) in [7, 11) is 1.73. The maximum absolute atomic E-state index is 15.7. The number of hydrogen-bond acceptors (Lipinski definition) is 5. The number of aromatic nitrogens is 6. The fourth-order valence-electron chi connectivity index (χ4n) is 5.46. The van der Waals surface area contributed by atoms with Crippen LogP contribution in [0, 0.1) is 19.7 Å². The molecule has 222 valence electrons. The molecule has 1 aliphatic rings. The number of nitrogens with zero attached hydrogens (tertiary/aromatic N) is 7. The Labute approximate surface area is 250 Å². The highest BCUT2D eigenvalue weighted by Gasteiger charge is 2.36. The van der Waals surface area contributed by atoms with Crippen LogP contribution in [0.4, 0.5) is 17.6 Å². The minimum Gasteiger partial charge on any atom is -0.334 e. The zero-order chi connectivity index (χ0) is 31.0. The Hall–Kier alpha value is -4.33. The van der Waals surface area contributed by atoms with Gasteiger partial charge in [0.05, 0.1) is 46.5 Å². The van der Waals surface area contributed by atoms with Gasteiger partial charge in [-0.1, -0.05) is 15.9 Å². The minimum atomic E-state index is -4.66. The van der Waals surface area contributed by atoms with Crippen LogP contribution in [-0.4, -0.2) is 45.7 Å². The molecule has 0 aliphatic carbocycles. The quantitative estimate of drug-likeness (QED) is 0.242. The van der Waals surface area contributed by atoms with Crippen molar-refractivity contribution in [2.75, 3.05) is 0 Å². The highest BCUT2D eigenvalue weighted by Crippen LogP contribution is 2.36. The lowest BCUT2D eigenvalue weighted by molar-refractivity contribution is -0.138. The molecule has 5 aromatic rings. The van der Waals surface area contributed by atoms with Gasteiger partial charge in [-0.25, -0.2) is 23.6 Å². The molecule has 0 saturated carbocycles. The zero-order valence-electron chi connectivity index (χ0n) is 23.4. The molecule has 14 heteroatoms. The third-order valence-corrected chi connectivity index (χ3v) is 8.30. The van der Waals surface area contributed by atoms with E-state index in [1.54, 1.807) is 44.8 Å². The molecule has 0 N–H and O–H groups in total. The first-order chi connectivity index (χ1) is 20.2. The predicted molar refractivity (Wildman–Crippen MR) is 153 cm³/mol. The molecule has 3 aromatic heterocycles. The third kappa shape index (κ3) is 4.82. The maximum atomic E-state index is 15.7. The van der Waals surface area contributed by atoms with Gasteiger partial charge in [0.25, 0.3) is 11.5 Å². The van der Waals surface area contributed by atoms with Crippen LogP contribution in [0.3, 0.4) is 0 Å². The van der Waals surface area contributed by atoms with Gasteiger partial charge in [0, 0.05) is 40.4 Å². The van der Waals surface area contributed by atoms with Crippen molar-refractivity contribution in [3.8, 4) is 11.6 Å². The van der Waals surface area contributed by atoms with E-state index in [0.717, 1.165) is 10.6 Å². The van der Waals surface area contributed by atoms with E-state index in [-0.39, 0.29) is 45.9 Å². The summed E-state index contributed by atoms with van der Waals surface area (Å²) in [5.41, 5.74) is 1.09. The summed E-state index contributed by atoms with van der Waals surface area (Å²) in [6.07, 6.45) is -3.06. The molecule has 2 aromatic carbocycles. The predicted octanol–water partition coefficient (Wildman–Crippen LogP) is 5.43. The van der Waals surface area contributed by atoms with Crippen molar-refractivity contribution in [2.24, 2.45) is 7.05 Å². The minimum absolute atomic E-state index is 0.00785. The molecule has 0 unspecified atom stereocenters. The second-order valence-corrected chi connectivity index (χ2v) is 11.5. The lowest BCUT2D eigenvalue weighted by Crippen LogP contribution is -2.46. The molecule has 6 rings (SSSR count). The van der Waals surface area contributed by atoms with E-state index in [9.17, 15) is 22.8 Å². The highest BCUT2D eigenvalue weighted by atomic mass is 79.9. The SMILES string of the molecule is Cc1cc(C)n(-c2nc3c(c(=O)n2-c2cc4ncn(C)c4cc2F)C[C@@H](C)N(C(=O)c2ccc(Br)c(C(F)(F)F)c2)C3)n1. The van der Waals surface area contributed by atoms with Gasteiger partial charge in [-0.05, 0) is 57.5 Å². The van der Waals surface area contributed by atoms with Gasteiger partial charge in [-0.15, -0.1) is 0 Å². The van der Waals surface area contributed by atoms with Gasteiger partial charge in [0.1, 0.15) is 5.82 Å². The number of alkyl halides is 3. The van der Waals surface area contributed by atoms with Crippen molar-refractivity contribution in [3.05, 3.63) is 97.1 Å². The molecule has 1 atom stereocenters. The summed E-state index contributed by atoms with van der Waals surface area (Å²) in [5, 5.41) is 4.47. The van der Waals surface area contributed by atoms with E-state index in [1.165, 1.54) is 33.8 Å². The van der Waals surface area contributed by atoms with E-state index >= 15 is 4.39 Å². The molecule has 0 radical (unpaired) electrons. The standard InChI is InChI=1S/C29H24BrF4N7O2/c1-14-7-16(3)41(37-14)28-36-23-12-39(26(42)17-5-6-20(30)19(9-17)29(32,33)34)15(2)8-18(23)27(43)40(28)24-11-22-25(10-21(24)31)38(4)13-35-22/h5-7,9-11,13,15H,8,12H2,1-4H3/t15-/m1/s1. The summed E-state index contributed by atoms with van der Waals surface area (Å²) in [6.45, 7) is 5.08. The number of imidazole rings is 1. The molecule has 4 heterocycles. The van der Waals surface area contributed by atoms with Crippen molar-refractivity contribution in [3.63, 3.8) is 0 Å². The molecule has 1 aliphatic heterocycles. The Morgan fingerprint density at radius 1 is 1.12 bits per heavy atom. The summed E-state index contributed by atoms with van der Waals surface area (Å²) >= 11 is 2.90. The molecule has 1 amide bonds. The fourth-order valence-corrected chi connectivity index (χ4v) is 5.93. The van der Waals surface area contributed by atoms with Crippen molar-refractivity contribution in [2.45, 2.75) is 46.0 Å². The van der Waals surface area contributed by atoms with Gasteiger partial charge in [0.2, 0.25) is 5.95 Å². The van der Waals surface area contributed by atoms with E-state index in [2.05, 4.69) is 26.0 Å². The average molecular weight is 658 g/mol. The van der Waals surface area contributed by atoms with Crippen LogP contribution in [0.25, 0.3) is 22.7 Å². The van der Waals surface area contributed by atoms with Crippen LogP contribution >= 0.6 is 15.9 Å². The largest absolute Gasteiger partial charge is 0.417 e. The van der Waals surface area contributed by atoms with Crippen LogP contribution in [0.1, 0.15) is 45.5 Å². The lowest BCUT2D eigenvalue weighted by atomic mass is 9.98. The van der Waals surface area contributed by atoms with Crippen molar-refractivity contribution in [1.82, 2.24) is 33.8 Å². The average Bonchev–Trinajstić information content (AvgIpc) is 3.47. The molecule has 0 bridgehead atoms. The van der Waals surface area contributed by atoms with E-state index < -0.39 is 35.1 Å². The Bertz CT molecular complexity index is 2010. The van der Waals surface area contributed by atoms with E-state index in [1.807, 2.05) is 0 Å². The number of carbonyl (C=O) groups excluding carboxylic acids is 1. The molecular formula is C29H24BrF4N7O2. The second kappa shape index (κ2) is 10.1. The van der Waals surface area contributed by atoms with Crippen LogP contribution in [0.5, 0.6) is 0 Å². The number of amides is 1. The third-order valence-electron chi connectivity index (χ3n) is 7.61. The van der Waals surface area contributed by atoms with Gasteiger partial charge in [-0.3, -0.25) is 9.59 Å². The number of carbonyl (C=O) groups is 1. The van der Waals surface area contributed by atoms with Crippen LogP contribution in [-0.2, 0) is 26.2 Å². The van der Waals surface area contributed by atoms with Gasteiger partial charge in [-0.2, -0.15) is 18.3 Å². The monoisotopic (exact) mass is 657 g/mol. The van der Waals surface area contributed by atoms with E-state index in [4.69, 9.17) is 4.98 Å². The van der Waals surface area contributed by atoms with Gasteiger partial charge >= 0.3 is 6.18 Å². The second-order valence-electron chi connectivity index (χ2n) is 10.6. The number of rotatable bonds is 3. The van der Waals surface area contributed by atoms with Crippen molar-refractivity contribution < 1.29 is 22.4 Å². The fraction of sp³-hybridized carbons (Fsp3) is 0.276. The molecule has 9 nitrogen and oxygen atoms in total. The first-order valence-electron chi connectivity index (χ1n) is 13.2. The normalized spacial score (nSPS) is 15.3. The van der Waals surface area contributed by atoms with Gasteiger partial charge < -0.3 is 9.47 Å². The Kier molecular flexibility index (Phi) is 6.79. The molecule has 0 fully saturated rings. The smallest absolute Gasteiger partial charge is 0.334 e. The van der Waals surface area contributed by atoms with Crippen molar-refractivity contribution in [1.29, 1.82) is 0 Å². The van der Waals surface area contributed by atoms with Crippen LogP contribution in [0.2, 0.25) is 0 Å². The topological polar surface area (TPSA) is 90.8 Å². The maximum Gasteiger partial charge on any atom is 0.417 e. The van der Waals surface area contributed by atoms with Crippen LogP contribution in [0.15, 0.2) is 52.0 Å². The highest BCUT2D eigenvalue weighted by molar-refractivity contribution is 9.10. The lowest BCUT2D eigenvalue weighted by Gasteiger charge is -2.34. The summed E-state index contributed by atoms with van der Waals surface area (Å²) in [5.74, 6) is -1.30. The van der Waals surface area contributed by atoms with Gasteiger partial charge in [0.15, 0.2) is 0 Å². The number of fused-ring (bicyclic) bond motifs is 2. The summed E-state index contributed by atoms with van der Waals surface area (Å²) in [6, 6.07) is 7.28. The number of hydrogen-bond donors (Lipinski definition) is 0. The van der Waals surface area contributed by atoms with Crippen LogP contribution < -0.4 is 5.56 Å². The van der Waals surface area contributed by atoms with Crippen molar-refractivity contribution >= 4 is 32.9 Å². The summed E-state index contributed by atoms with van der Waals surface area (Å²) < 4.78 is 60.4. The molecule has 0 saturated heterocycles. The molecule has 0 spiro atoms. The Balaban J connectivity index is 1.51. The zero-order valence-corrected chi connectivity index (χ0v) is 25.0. The number of benzene rings is 2. The Morgan fingerprint density at radius 2 is 1.86 bits per heavy atom. The Morgan fingerprint density at radius 3 is 2.53 bits per heavy atom. The number of aryl methyl sites for hydroxylation is 3. The first-order valence-corrected chi connectivity index (χ1v) is 14.0. The summed E-state index contributed by atoms with van der Waals surface area (Å²) in [4.78, 5) is 38.1. The van der Waals surface area contributed by atoms with E-state index in [0.29, 0.717) is 22.4 Å². The number of halogens is 5.